The van der Waals surface area contributed by atoms with E-state index in [1.807, 2.05) is 54.5 Å². The molecule has 1 N–H and O–H groups in total. The van der Waals surface area contributed by atoms with Crippen molar-refractivity contribution < 1.29 is 4.74 Å². The summed E-state index contributed by atoms with van der Waals surface area (Å²) >= 11 is 0. The number of nitrogens with zero attached hydrogens (tertiary/aromatic N) is 3. The Kier molecular flexibility index (Phi) is 2.47. The summed E-state index contributed by atoms with van der Waals surface area (Å²) in [6.45, 7) is 0. The summed E-state index contributed by atoms with van der Waals surface area (Å²) in [5.74, 6) is 0.838. The monoisotopic (exact) mass is 278 g/mol. The van der Waals surface area contributed by atoms with Crippen LogP contribution in [0.5, 0.6) is 5.75 Å². The van der Waals surface area contributed by atoms with Crippen LogP contribution in [0.2, 0.25) is 0 Å². The highest BCUT2D eigenvalue weighted by molar-refractivity contribution is 6.07. The fourth-order valence-corrected chi connectivity index (χ4v) is 2.73. The lowest BCUT2D eigenvalue weighted by Crippen LogP contribution is -1.90. The maximum atomic E-state index is 5.20. The Balaban J connectivity index is 2.00. The molecule has 1 aromatic carbocycles. The summed E-state index contributed by atoms with van der Waals surface area (Å²) in [6, 6.07) is 9.95. The SMILES string of the molecule is COc1ccc(-c2nn(C)c3c2cnc2[nH]ccc23)cc1. The normalized spacial score (nSPS) is 11.3. The molecule has 5 nitrogen and oxygen atoms in total. The number of aromatic nitrogens is 4. The Bertz CT molecular complexity index is 934. The van der Waals surface area contributed by atoms with Gasteiger partial charge in [0.2, 0.25) is 0 Å². The molecule has 0 aliphatic rings. The molecule has 0 radical (unpaired) electrons. The second-order valence-electron chi connectivity index (χ2n) is 4.96. The Morgan fingerprint density at radius 1 is 1.10 bits per heavy atom. The largest absolute Gasteiger partial charge is 0.497 e. The van der Waals surface area contributed by atoms with Crippen molar-refractivity contribution in [2.75, 3.05) is 7.11 Å². The van der Waals surface area contributed by atoms with Gasteiger partial charge in [-0.25, -0.2) is 4.98 Å². The number of aromatic amines is 1. The molecule has 4 aromatic rings. The summed E-state index contributed by atoms with van der Waals surface area (Å²) in [6.07, 6.45) is 3.78. The number of hydrogen-bond acceptors (Lipinski definition) is 3. The van der Waals surface area contributed by atoms with Crippen LogP contribution in [0.25, 0.3) is 33.2 Å². The van der Waals surface area contributed by atoms with E-state index in [4.69, 9.17) is 4.74 Å². The average molecular weight is 278 g/mol. The lowest BCUT2D eigenvalue weighted by Gasteiger charge is -2.01. The second-order valence-corrected chi connectivity index (χ2v) is 4.96. The fourth-order valence-electron chi connectivity index (χ4n) is 2.73. The van der Waals surface area contributed by atoms with Gasteiger partial charge in [0.05, 0.1) is 12.6 Å². The summed E-state index contributed by atoms with van der Waals surface area (Å²) in [5, 5.41) is 6.80. The summed E-state index contributed by atoms with van der Waals surface area (Å²) in [4.78, 5) is 7.60. The third-order valence-corrected chi connectivity index (χ3v) is 3.75. The highest BCUT2D eigenvalue weighted by Crippen LogP contribution is 2.31. The Labute approximate surface area is 121 Å². The molecular formula is C16H14N4O. The van der Waals surface area contributed by atoms with Crippen LogP contribution < -0.4 is 4.74 Å². The number of ether oxygens (including phenoxy) is 1. The minimum absolute atomic E-state index is 0.838. The molecule has 0 aliphatic carbocycles. The Hall–Kier alpha value is -2.82. The van der Waals surface area contributed by atoms with Gasteiger partial charge in [0.25, 0.3) is 0 Å². The third kappa shape index (κ3) is 1.71. The number of rotatable bonds is 2. The first-order chi connectivity index (χ1) is 10.3. The number of methoxy groups -OCH3 is 1. The number of fused-ring (bicyclic) bond motifs is 3. The van der Waals surface area contributed by atoms with Gasteiger partial charge in [-0.05, 0) is 30.3 Å². The first-order valence-electron chi connectivity index (χ1n) is 6.71. The van der Waals surface area contributed by atoms with Gasteiger partial charge in [-0.2, -0.15) is 5.10 Å². The molecule has 0 amide bonds. The van der Waals surface area contributed by atoms with Crippen molar-refractivity contribution in [3.05, 3.63) is 42.7 Å². The minimum Gasteiger partial charge on any atom is -0.497 e. The highest BCUT2D eigenvalue weighted by Gasteiger charge is 2.14. The predicted octanol–water partition coefficient (Wildman–Crippen LogP) is 3.13. The van der Waals surface area contributed by atoms with Crippen LogP contribution in [-0.2, 0) is 7.05 Å². The lowest BCUT2D eigenvalue weighted by molar-refractivity contribution is 0.415. The smallest absolute Gasteiger partial charge is 0.139 e. The number of benzene rings is 1. The maximum Gasteiger partial charge on any atom is 0.139 e. The third-order valence-electron chi connectivity index (χ3n) is 3.75. The lowest BCUT2D eigenvalue weighted by atomic mass is 10.1. The van der Waals surface area contributed by atoms with Crippen LogP contribution in [0.1, 0.15) is 0 Å². The van der Waals surface area contributed by atoms with Crippen LogP contribution in [0, 0.1) is 0 Å². The van der Waals surface area contributed by atoms with Crippen LogP contribution in [0.4, 0.5) is 0 Å². The van der Waals surface area contributed by atoms with Crippen LogP contribution in [0.15, 0.2) is 42.7 Å². The van der Waals surface area contributed by atoms with Crippen LogP contribution >= 0.6 is 0 Å². The van der Waals surface area contributed by atoms with E-state index in [9.17, 15) is 0 Å². The van der Waals surface area contributed by atoms with Gasteiger partial charge in [0.15, 0.2) is 0 Å². The molecule has 3 aromatic heterocycles. The van der Waals surface area contributed by atoms with Gasteiger partial charge in [-0.1, -0.05) is 0 Å². The van der Waals surface area contributed by atoms with E-state index in [0.29, 0.717) is 0 Å². The molecule has 104 valence electrons. The number of aryl methyl sites for hydroxylation is 1. The molecule has 0 aliphatic heterocycles. The van der Waals surface area contributed by atoms with Crippen molar-refractivity contribution in [1.82, 2.24) is 19.7 Å². The molecule has 0 unspecified atom stereocenters. The van der Waals surface area contributed by atoms with E-state index >= 15 is 0 Å². The van der Waals surface area contributed by atoms with E-state index in [1.165, 1.54) is 0 Å². The molecule has 0 spiro atoms. The molecular weight excluding hydrogens is 264 g/mol. The Morgan fingerprint density at radius 3 is 2.67 bits per heavy atom. The van der Waals surface area contributed by atoms with Gasteiger partial charge >= 0.3 is 0 Å². The van der Waals surface area contributed by atoms with Gasteiger partial charge in [0.1, 0.15) is 17.1 Å². The van der Waals surface area contributed by atoms with Crippen molar-refractivity contribution >= 4 is 21.9 Å². The molecule has 21 heavy (non-hydrogen) atoms. The molecule has 0 saturated carbocycles. The minimum atomic E-state index is 0.838. The van der Waals surface area contributed by atoms with Crippen molar-refractivity contribution in [3.8, 4) is 17.0 Å². The molecule has 3 heterocycles. The maximum absolute atomic E-state index is 5.20. The van der Waals surface area contributed by atoms with Gasteiger partial charge < -0.3 is 9.72 Å². The highest BCUT2D eigenvalue weighted by atomic mass is 16.5. The van der Waals surface area contributed by atoms with Crippen LogP contribution in [0.3, 0.4) is 0 Å². The van der Waals surface area contributed by atoms with Gasteiger partial charge in [0, 0.05) is 35.8 Å². The van der Waals surface area contributed by atoms with Crippen LogP contribution in [-0.4, -0.2) is 26.9 Å². The van der Waals surface area contributed by atoms with E-state index in [0.717, 1.165) is 38.9 Å². The fraction of sp³-hybridized carbons (Fsp3) is 0.125. The van der Waals surface area contributed by atoms with E-state index < -0.39 is 0 Å². The molecule has 0 fully saturated rings. The van der Waals surface area contributed by atoms with Crippen molar-refractivity contribution in [2.24, 2.45) is 7.05 Å². The quantitative estimate of drug-likeness (QED) is 0.613. The zero-order valence-corrected chi connectivity index (χ0v) is 11.8. The topological polar surface area (TPSA) is 55.7 Å². The van der Waals surface area contributed by atoms with E-state index in [1.54, 1.807) is 7.11 Å². The Morgan fingerprint density at radius 2 is 1.90 bits per heavy atom. The summed E-state index contributed by atoms with van der Waals surface area (Å²) in [5.41, 5.74) is 3.96. The number of hydrogen-bond donors (Lipinski definition) is 1. The van der Waals surface area contributed by atoms with Crippen molar-refractivity contribution in [2.45, 2.75) is 0 Å². The van der Waals surface area contributed by atoms with Gasteiger partial charge in [-0.3, -0.25) is 4.68 Å². The zero-order valence-electron chi connectivity index (χ0n) is 11.8. The number of nitrogens with one attached hydrogen (secondary N) is 1. The first kappa shape index (κ1) is 12.0. The molecule has 5 heteroatoms. The number of H-pyrrole nitrogens is 1. The predicted molar refractivity (Wildman–Crippen MR) is 82.4 cm³/mol. The first-order valence-corrected chi connectivity index (χ1v) is 6.71. The zero-order chi connectivity index (χ0) is 14.4. The standard InChI is InChI=1S/C16H14N4O/c1-20-15-12-7-8-17-16(12)18-9-13(15)14(19-20)10-3-5-11(21-2)6-4-10/h3-9H,1-2H3,(H,17,18). The molecule has 0 saturated heterocycles. The number of pyridine rings is 1. The molecule has 0 atom stereocenters. The van der Waals surface area contributed by atoms with Crippen molar-refractivity contribution in [1.29, 1.82) is 0 Å². The average Bonchev–Trinajstić information content (AvgIpc) is 3.11. The van der Waals surface area contributed by atoms with Crippen molar-refractivity contribution in [3.63, 3.8) is 0 Å². The van der Waals surface area contributed by atoms with E-state index in [2.05, 4.69) is 15.1 Å². The summed E-state index contributed by atoms with van der Waals surface area (Å²) < 4.78 is 7.11. The summed E-state index contributed by atoms with van der Waals surface area (Å²) in [7, 11) is 3.62. The second kappa shape index (κ2) is 4.34. The van der Waals surface area contributed by atoms with E-state index in [-0.39, 0.29) is 0 Å². The molecule has 0 bridgehead atoms. The van der Waals surface area contributed by atoms with Gasteiger partial charge in [-0.15, -0.1) is 0 Å². The molecule has 4 rings (SSSR count).